The zero-order valence-corrected chi connectivity index (χ0v) is 10.8. The van der Waals surface area contributed by atoms with Crippen LogP contribution in [0.1, 0.15) is 54.2 Å². The number of anilines is 1. The van der Waals surface area contributed by atoms with Crippen molar-refractivity contribution in [2.24, 2.45) is 0 Å². The van der Waals surface area contributed by atoms with Crippen LogP contribution in [0.3, 0.4) is 0 Å². The van der Waals surface area contributed by atoms with Crippen molar-refractivity contribution in [3.63, 3.8) is 0 Å². The smallest absolute Gasteiger partial charge is 0.339 e. The summed E-state index contributed by atoms with van der Waals surface area (Å²) in [4.78, 5) is 15.7. The monoisotopic (exact) mass is 248 g/mol. The molecule has 4 nitrogen and oxygen atoms in total. The second-order valence-electron chi connectivity index (χ2n) is 4.78. The molecule has 2 N–H and O–H groups in total. The number of fused-ring (bicyclic) bond motifs is 1. The first-order valence-corrected chi connectivity index (χ1v) is 6.72. The van der Waals surface area contributed by atoms with Gasteiger partial charge in [0.2, 0.25) is 0 Å². The molecule has 0 spiro atoms. The number of rotatable bonds is 6. The van der Waals surface area contributed by atoms with E-state index in [2.05, 4.69) is 17.2 Å². The number of carboxylic acids is 1. The van der Waals surface area contributed by atoms with E-state index in [4.69, 9.17) is 0 Å². The van der Waals surface area contributed by atoms with Crippen LogP contribution >= 0.6 is 0 Å². The van der Waals surface area contributed by atoms with Crippen molar-refractivity contribution in [2.75, 3.05) is 11.9 Å². The van der Waals surface area contributed by atoms with Gasteiger partial charge in [-0.25, -0.2) is 9.78 Å². The van der Waals surface area contributed by atoms with E-state index < -0.39 is 5.97 Å². The summed E-state index contributed by atoms with van der Waals surface area (Å²) in [5.41, 5.74) is 2.48. The van der Waals surface area contributed by atoms with Crippen LogP contribution in [0.5, 0.6) is 0 Å². The fraction of sp³-hybridized carbons (Fsp3) is 0.571. The minimum Gasteiger partial charge on any atom is -0.478 e. The van der Waals surface area contributed by atoms with Crippen LogP contribution < -0.4 is 5.32 Å². The van der Waals surface area contributed by atoms with E-state index in [0.717, 1.165) is 56.3 Å². The fourth-order valence-electron chi connectivity index (χ4n) is 2.35. The van der Waals surface area contributed by atoms with Gasteiger partial charge in [-0.2, -0.15) is 0 Å². The second kappa shape index (κ2) is 5.85. The molecule has 1 heterocycles. The number of aromatic nitrogens is 1. The first kappa shape index (κ1) is 12.9. The Hall–Kier alpha value is -1.58. The summed E-state index contributed by atoms with van der Waals surface area (Å²) in [6.07, 6.45) is 6.37. The molecule has 2 rings (SSSR count). The third-order valence-electron chi connectivity index (χ3n) is 3.35. The van der Waals surface area contributed by atoms with Gasteiger partial charge in [-0.3, -0.25) is 0 Å². The van der Waals surface area contributed by atoms with E-state index in [9.17, 15) is 9.90 Å². The number of unbranched alkanes of at least 4 members (excludes halogenated alkanes) is 2. The van der Waals surface area contributed by atoms with Gasteiger partial charge in [0.1, 0.15) is 11.4 Å². The number of hydrogen-bond donors (Lipinski definition) is 2. The minimum atomic E-state index is -0.893. The Morgan fingerprint density at radius 3 is 3.00 bits per heavy atom. The van der Waals surface area contributed by atoms with Crippen LogP contribution in [0, 0.1) is 0 Å². The van der Waals surface area contributed by atoms with Crippen LogP contribution in [0.25, 0.3) is 0 Å². The molecule has 0 atom stereocenters. The Balaban J connectivity index is 2.14. The van der Waals surface area contributed by atoms with Crippen molar-refractivity contribution in [2.45, 2.75) is 45.4 Å². The molecule has 4 heteroatoms. The van der Waals surface area contributed by atoms with E-state index in [0.29, 0.717) is 11.4 Å². The molecule has 0 radical (unpaired) electrons. The zero-order chi connectivity index (χ0) is 13.0. The van der Waals surface area contributed by atoms with Crippen LogP contribution in [0.2, 0.25) is 0 Å². The largest absolute Gasteiger partial charge is 0.478 e. The first-order valence-electron chi connectivity index (χ1n) is 6.72. The van der Waals surface area contributed by atoms with E-state index in [1.165, 1.54) is 0 Å². The number of carbonyl (C=O) groups is 1. The lowest BCUT2D eigenvalue weighted by molar-refractivity contribution is 0.0697. The van der Waals surface area contributed by atoms with Gasteiger partial charge in [0, 0.05) is 12.2 Å². The van der Waals surface area contributed by atoms with E-state index >= 15 is 0 Å². The topological polar surface area (TPSA) is 62.2 Å². The van der Waals surface area contributed by atoms with Gasteiger partial charge in [-0.15, -0.1) is 0 Å². The molecule has 1 aliphatic carbocycles. The normalized spacial score (nSPS) is 13.4. The summed E-state index contributed by atoms with van der Waals surface area (Å²) in [6, 6.07) is 1.79. The van der Waals surface area contributed by atoms with Crippen molar-refractivity contribution >= 4 is 11.8 Å². The highest BCUT2D eigenvalue weighted by Crippen LogP contribution is 2.25. The van der Waals surface area contributed by atoms with Crippen molar-refractivity contribution in [3.05, 3.63) is 22.9 Å². The van der Waals surface area contributed by atoms with Gasteiger partial charge in [0.05, 0.1) is 0 Å². The molecule has 0 unspecified atom stereocenters. The van der Waals surface area contributed by atoms with Gasteiger partial charge < -0.3 is 10.4 Å². The van der Waals surface area contributed by atoms with Crippen molar-refractivity contribution in [1.29, 1.82) is 0 Å². The van der Waals surface area contributed by atoms with Gasteiger partial charge in [-0.05, 0) is 37.3 Å². The summed E-state index contributed by atoms with van der Waals surface area (Å²) < 4.78 is 0. The molecule has 0 aromatic carbocycles. The average molecular weight is 248 g/mol. The van der Waals surface area contributed by atoms with Crippen molar-refractivity contribution in [1.82, 2.24) is 4.98 Å². The molecule has 0 bridgehead atoms. The molecular formula is C14H20N2O2. The SMILES string of the molecule is CCCCCNc1nc2c(cc1C(=O)O)CCC2. The van der Waals surface area contributed by atoms with Crippen LogP contribution in [-0.2, 0) is 12.8 Å². The summed E-state index contributed by atoms with van der Waals surface area (Å²) in [5.74, 6) is -0.352. The van der Waals surface area contributed by atoms with Crippen LogP contribution in [0.4, 0.5) is 5.82 Å². The highest BCUT2D eigenvalue weighted by Gasteiger charge is 2.19. The summed E-state index contributed by atoms with van der Waals surface area (Å²) in [5, 5.41) is 12.4. The first-order chi connectivity index (χ1) is 8.72. The van der Waals surface area contributed by atoms with Gasteiger partial charge in [0.15, 0.2) is 0 Å². The molecule has 1 aliphatic rings. The van der Waals surface area contributed by atoms with Gasteiger partial charge >= 0.3 is 5.97 Å². The van der Waals surface area contributed by atoms with E-state index in [-0.39, 0.29) is 0 Å². The number of aromatic carboxylic acids is 1. The number of carboxylic acid groups (broad SMARTS) is 1. The quantitative estimate of drug-likeness (QED) is 0.760. The molecule has 1 aromatic rings. The maximum atomic E-state index is 11.2. The van der Waals surface area contributed by atoms with Crippen molar-refractivity contribution < 1.29 is 9.90 Å². The van der Waals surface area contributed by atoms with Gasteiger partial charge in [-0.1, -0.05) is 19.8 Å². The van der Waals surface area contributed by atoms with Crippen molar-refractivity contribution in [3.8, 4) is 0 Å². The maximum Gasteiger partial charge on any atom is 0.339 e. The average Bonchev–Trinajstić information content (AvgIpc) is 2.80. The van der Waals surface area contributed by atoms with Crippen LogP contribution in [0.15, 0.2) is 6.07 Å². The Labute approximate surface area is 107 Å². The van der Waals surface area contributed by atoms with Crippen LogP contribution in [-0.4, -0.2) is 22.6 Å². The molecule has 0 saturated heterocycles. The lowest BCUT2D eigenvalue weighted by Crippen LogP contribution is -2.11. The standard InChI is InChI=1S/C14H20N2O2/c1-2-3-4-8-15-13-11(14(17)18)9-10-6-5-7-12(10)16-13/h9H,2-8H2,1H3,(H,15,16)(H,17,18). The number of nitrogens with zero attached hydrogens (tertiary/aromatic N) is 1. The highest BCUT2D eigenvalue weighted by atomic mass is 16.4. The highest BCUT2D eigenvalue weighted by molar-refractivity contribution is 5.93. The summed E-state index contributed by atoms with van der Waals surface area (Å²) in [7, 11) is 0. The molecular weight excluding hydrogens is 228 g/mol. The van der Waals surface area contributed by atoms with E-state index in [1.807, 2.05) is 0 Å². The predicted octanol–water partition coefficient (Wildman–Crippen LogP) is 2.87. The lowest BCUT2D eigenvalue weighted by atomic mass is 10.1. The third-order valence-corrected chi connectivity index (χ3v) is 3.35. The number of pyridine rings is 1. The zero-order valence-electron chi connectivity index (χ0n) is 10.8. The molecule has 0 aliphatic heterocycles. The fourth-order valence-corrected chi connectivity index (χ4v) is 2.35. The Kier molecular flexibility index (Phi) is 4.18. The summed E-state index contributed by atoms with van der Waals surface area (Å²) in [6.45, 7) is 2.94. The Morgan fingerprint density at radius 2 is 2.28 bits per heavy atom. The maximum absolute atomic E-state index is 11.2. The molecule has 1 aromatic heterocycles. The molecule has 18 heavy (non-hydrogen) atoms. The molecule has 98 valence electrons. The molecule has 0 amide bonds. The Bertz CT molecular complexity index is 444. The predicted molar refractivity (Wildman–Crippen MR) is 71.2 cm³/mol. The second-order valence-corrected chi connectivity index (χ2v) is 4.78. The van der Waals surface area contributed by atoms with Gasteiger partial charge in [0.25, 0.3) is 0 Å². The number of nitrogens with one attached hydrogen (secondary N) is 1. The molecule has 0 fully saturated rings. The lowest BCUT2D eigenvalue weighted by Gasteiger charge is -2.10. The summed E-state index contributed by atoms with van der Waals surface area (Å²) >= 11 is 0. The van der Waals surface area contributed by atoms with E-state index in [1.54, 1.807) is 6.07 Å². The minimum absolute atomic E-state index is 0.312. The molecule has 0 saturated carbocycles. The number of aryl methyl sites for hydroxylation is 2. The third kappa shape index (κ3) is 2.81. The number of hydrogen-bond acceptors (Lipinski definition) is 3. The Morgan fingerprint density at radius 1 is 1.44 bits per heavy atom.